The quantitative estimate of drug-likeness (QED) is 0.783. The summed E-state index contributed by atoms with van der Waals surface area (Å²) in [5.41, 5.74) is 1.23. The van der Waals surface area contributed by atoms with Crippen LogP contribution in [-0.4, -0.2) is 62.9 Å². The molecule has 0 saturated carbocycles. The van der Waals surface area contributed by atoms with Crippen LogP contribution in [-0.2, 0) is 14.8 Å². The third kappa shape index (κ3) is 3.44. The number of carbonyl (C=O) groups excluding carboxylic acids is 1. The van der Waals surface area contributed by atoms with E-state index in [2.05, 4.69) is 6.92 Å². The standard InChI is InChI=1S/C20H26N2O5S/c1-14-4-3-7-21(13-14)20(23)19-15(2)17-12-16(5-6-18(17)27-19)28(24,25)22-8-10-26-11-9-22/h5-6,12,14H,3-4,7-11,13H2,1-2H3. The zero-order valence-corrected chi connectivity index (χ0v) is 17.1. The highest BCUT2D eigenvalue weighted by Gasteiger charge is 2.29. The summed E-state index contributed by atoms with van der Waals surface area (Å²) in [7, 11) is -3.59. The summed E-state index contributed by atoms with van der Waals surface area (Å²) in [6.07, 6.45) is 2.12. The number of furan rings is 1. The van der Waals surface area contributed by atoms with Crippen molar-refractivity contribution in [2.75, 3.05) is 39.4 Å². The number of sulfonamides is 1. The predicted molar refractivity (Wildman–Crippen MR) is 105 cm³/mol. The molecule has 0 bridgehead atoms. The Hall–Kier alpha value is -1.90. The molecule has 7 nitrogen and oxygen atoms in total. The van der Waals surface area contributed by atoms with Crippen LogP contribution in [0.2, 0.25) is 0 Å². The molecule has 1 aromatic heterocycles. The minimum atomic E-state index is -3.59. The molecule has 0 radical (unpaired) electrons. The number of hydrogen-bond acceptors (Lipinski definition) is 5. The molecular formula is C20H26N2O5S. The van der Waals surface area contributed by atoms with Crippen molar-refractivity contribution in [3.63, 3.8) is 0 Å². The highest BCUT2D eigenvalue weighted by atomic mass is 32.2. The number of nitrogens with zero attached hydrogens (tertiary/aromatic N) is 2. The normalized spacial score (nSPS) is 21.9. The zero-order chi connectivity index (χ0) is 19.9. The fourth-order valence-electron chi connectivity index (χ4n) is 4.02. The molecule has 2 aliphatic rings. The first-order valence-corrected chi connectivity index (χ1v) is 11.2. The number of piperidine rings is 1. The van der Waals surface area contributed by atoms with Gasteiger partial charge in [-0.3, -0.25) is 4.79 Å². The largest absolute Gasteiger partial charge is 0.451 e. The number of carbonyl (C=O) groups is 1. The van der Waals surface area contributed by atoms with E-state index in [4.69, 9.17) is 9.15 Å². The first kappa shape index (κ1) is 19.4. The third-order valence-electron chi connectivity index (χ3n) is 5.65. The molecule has 1 aromatic carbocycles. The number of aryl methyl sites for hydroxylation is 1. The Balaban J connectivity index is 1.67. The number of morpholine rings is 1. The lowest BCUT2D eigenvalue weighted by atomic mass is 10.00. The number of likely N-dealkylation sites (tertiary alicyclic amines) is 1. The Labute approximate surface area is 165 Å². The lowest BCUT2D eigenvalue weighted by molar-refractivity contribution is 0.0652. The fraction of sp³-hybridized carbons (Fsp3) is 0.550. The maximum Gasteiger partial charge on any atom is 0.289 e. The molecule has 1 atom stereocenters. The molecule has 2 aromatic rings. The molecule has 28 heavy (non-hydrogen) atoms. The monoisotopic (exact) mass is 406 g/mol. The van der Waals surface area contributed by atoms with Crippen molar-refractivity contribution in [3.8, 4) is 0 Å². The molecule has 1 unspecified atom stereocenters. The predicted octanol–water partition coefficient (Wildman–Crippen LogP) is 2.63. The van der Waals surface area contributed by atoms with Gasteiger partial charge in [0.05, 0.1) is 18.1 Å². The summed E-state index contributed by atoms with van der Waals surface area (Å²) in [6, 6.07) is 4.81. The van der Waals surface area contributed by atoms with E-state index >= 15 is 0 Å². The Bertz CT molecular complexity index is 991. The third-order valence-corrected chi connectivity index (χ3v) is 7.55. The minimum absolute atomic E-state index is 0.113. The smallest absolute Gasteiger partial charge is 0.289 e. The van der Waals surface area contributed by atoms with Crippen molar-refractivity contribution in [2.24, 2.45) is 5.92 Å². The number of fused-ring (bicyclic) bond motifs is 1. The average Bonchev–Trinajstić information content (AvgIpc) is 3.04. The molecule has 0 N–H and O–H groups in total. The van der Waals surface area contributed by atoms with Crippen LogP contribution >= 0.6 is 0 Å². The van der Waals surface area contributed by atoms with Gasteiger partial charge >= 0.3 is 0 Å². The van der Waals surface area contributed by atoms with Crippen LogP contribution in [0.3, 0.4) is 0 Å². The van der Waals surface area contributed by atoms with Crippen molar-refractivity contribution in [1.29, 1.82) is 0 Å². The lowest BCUT2D eigenvalue weighted by Crippen LogP contribution is -2.40. The van der Waals surface area contributed by atoms with Crippen LogP contribution in [0, 0.1) is 12.8 Å². The maximum absolute atomic E-state index is 13.0. The molecule has 152 valence electrons. The Morgan fingerprint density at radius 2 is 1.93 bits per heavy atom. The highest BCUT2D eigenvalue weighted by Crippen LogP contribution is 2.30. The second-order valence-electron chi connectivity index (χ2n) is 7.73. The van der Waals surface area contributed by atoms with Gasteiger partial charge in [-0.15, -0.1) is 0 Å². The molecular weight excluding hydrogens is 380 g/mol. The first-order chi connectivity index (χ1) is 13.4. The van der Waals surface area contributed by atoms with E-state index < -0.39 is 10.0 Å². The number of hydrogen-bond donors (Lipinski definition) is 0. The number of benzene rings is 1. The zero-order valence-electron chi connectivity index (χ0n) is 16.3. The van der Waals surface area contributed by atoms with Gasteiger partial charge < -0.3 is 14.1 Å². The second kappa shape index (κ2) is 7.50. The van der Waals surface area contributed by atoms with E-state index in [1.807, 2.05) is 11.8 Å². The van der Waals surface area contributed by atoms with E-state index in [1.54, 1.807) is 18.2 Å². The number of rotatable bonds is 3. The Morgan fingerprint density at radius 3 is 2.64 bits per heavy atom. The van der Waals surface area contributed by atoms with Crippen LogP contribution in [0.15, 0.2) is 27.5 Å². The summed E-state index contributed by atoms with van der Waals surface area (Å²) in [6.45, 7) is 6.93. The maximum atomic E-state index is 13.0. The van der Waals surface area contributed by atoms with E-state index in [1.165, 1.54) is 4.31 Å². The topological polar surface area (TPSA) is 80.1 Å². The van der Waals surface area contributed by atoms with E-state index in [0.717, 1.165) is 25.9 Å². The van der Waals surface area contributed by atoms with Crippen molar-refractivity contribution < 1.29 is 22.4 Å². The SMILES string of the molecule is Cc1c(C(=O)N2CCCC(C)C2)oc2ccc(S(=O)(=O)N3CCOCC3)cc12. The van der Waals surface area contributed by atoms with Gasteiger partial charge in [-0.1, -0.05) is 6.92 Å². The van der Waals surface area contributed by atoms with Crippen LogP contribution in [0.1, 0.15) is 35.9 Å². The lowest BCUT2D eigenvalue weighted by Gasteiger charge is -2.30. The summed E-state index contributed by atoms with van der Waals surface area (Å²) in [4.78, 5) is 15.0. The number of amides is 1. The fourth-order valence-corrected chi connectivity index (χ4v) is 5.45. The molecule has 8 heteroatoms. The van der Waals surface area contributed by atoms with Crippen LogP contribution in [0.4, 0.5) is 0 Å². The van der Waals surface area contributed by atoms with Gasteiger partial charge in [-0.05, 0) is 43.9 Å². The van der Waals surface area contributed by atoms with Crippen molar-refractivity contribution in [2.45, 2.75) is 31.6 Å². The van der Waals surface area contributed by atoms with Crippen LogP contribution in [0.5, 0.6) is 0 Å². The van der Waals surface area contributed by atoms with Crippen molar-refractivity contribution >= 4 is 26.9 Å². The summed E-state index contributed by atoms with van der Waals surface area (Å²) in [5, 5.41) is 0.669. The molecule has 2 fully saturated rings. The highest BCUT2D eigenvalue weighted by molar-refractivity contribution is 7.89. The van der Waals surface area contributed by atoms with Gasteiger partial charge in [0.15, 0.2) is 5.76 Å². The van der Waals surface area contributed by atoms with Crippen molar-refractivity contribution in [3.05, 3.63) is 29.5 Å². The van der Waals surface area contributed by atoms with Gasteiger partial charge in [-0.25, -0.2) is 8.42 Å². The molecule has 0 aliphatic carbocycles. The van der Waals surface area contributed by atoms with E-state index in [-0.39, 0.29) is 10.8 Å². The van der Waals surface area contributed by atoms with E-state index in [0.29, 0.717) is 54.5 Å². The minimum Gasteiger partial charge on any atom is -0.451 e. The van der Waals surface area contributed by atoms with Gasteiger partial charge in [0.25, 0.3) is 5.91 Å². The molecule has 4 rings (SSSR count). The van der Waals surface area contributed by atoms with Gasteiger partial charge in [-0.2, -0.15) is 4.31 Å². The van der Waals surface area contributed by atoms with Gasteiger partial charge in [0.1, 0.15) is 5.58 Å². The van der Waals surface area contributed by atoms with Crippen molar-refractivity contribution in [1.82, 2.24) is 9.21 Å². The van der Waals surface area contributed by atoms with Gasteiger partial charge in [0.2, 0.25) is 10.0 Å². The molecule has 3 heterocycles. The Kier molecular flexibility index (Phi) is 5.20. The molecule has 2 aliphatic heterocycles. The number of ether oxygens (including phenoxy) is 1. The summed E-state index contributed by atoms with van der Waals surface area (Å²) in [5.74, 6) is 0.676. The molecule has 2 saturated heterocycles. The average molecular weight is 407 g/mol. The molecule has 0 spiro atoms. The molecule has 1 amide bonds. The second-order valence-corrected chi connectivity index (χ2v) is 9.67. The Morgan fingerprint density at radius 1 is 1.18 bits per heavy atom. The van der Waals surface area contributed by atoms with Crippen LogP contribution < -0.4 is 0 Å². The summed E-state index contributed by atoms with van der Waals surface area (Å²) >= 11 is 0. The van der Waals surface area contributed by atoms with Gasteiger partial charge in [0, 0.05) is 37.1 Å². The summed E-state index contributed by atoms with van der Waals surface area (Å²) < 4.78 is 38.4. The van der Waals surface area contributed by atoms with E-state index in [9.17, 15) is 13.2 Å². The van der Waals surface area contributed by atoms with Crippen LogP contribution in [0.25, 0.3) is 11.0 Å². The first-order valence-electron chi connectivity index (χ1n) is 9.78.